The molecular formula is C17H13ClN2O2S. The molecule has 0 aliphatic carbocycles. The number of rotatable bonds is 5. The minimum absolute atomic E-state index is 0.140. The van der Waals surface area contributed by atoms with Gasteiger partial charge in [0.15, 0.2) is 0 Å². The molecule has 2 heterocycles. The van der Waals surface area contributed by atoms with Crippen molar-refractivity contribution in [3.63, 3.8) is 0 Å². The van der Waals surface area contributed by atoms with E-state index in [0.29, 0.717) is 16.5 Å². The van der Waals surface area contributed by atoms with Crippen molar-refractivity contribution in [2.45, 2.75) is 6.61 Å². The van der Waals surface area contributed by atoms with Crippen molar-refractivity contribution in [3.8, 4) is 5.75 Å². The fourth-order valence-corrected chi connectivity index (χ4v) is 2.81. The third kappa shape index (κ3) is 4.31. The number of carbonyl (C=O) groups excluding carboxylic acids is 1. The summed E-state index contributed by atoms with van der Waals surface area (Å²) < 4.78 is 5.67. The number of pyridine rings is 1. The van der Waals surface area contributed by atoms with Gasteiger partial charge in [0.25, 0.3) is 5.91 Å². The summed E-state index contributed by atoms with van der Waals surface area (Å²) in [6.45, 7) is 0.403. The molecule has 2 aromatic heterocycles. The average Bonchev–Trinajstić information content (AvgIpc) is 3.04. The number of aromatic nitrogens is 1. The molecule has 0 spiro atoms. The van der Waals surface area contributed by atoms with Crippen molar-refractivity contribution < 1.29 is 9.53 Å². The first-order valence-electron chi connectivity index (χ1n) is 6.88. The first kappa shape index (κ1) is 15.5. The Hall–Kier alpha value is -2.37. The quantitative estimate of drug-likeness (QED) is 0.734. The standard InChI is InChI=1S/C17H13ClN2O2S/c18-13-1-3-15(4-2-13)22-10-12-9-16(23-11-12)17(21)20-14-5-7-19-8-6-14/h1-9,11H,10H2,(H,19,20,21). The molecule has 116 valence electrons. The molecule has 0 bridgehead atoms. The summed E-state index contributed by atoms with van der Waals surface area (Å²) in [6.07, 6.45) is 3.27. The first-order chi connectivity index (χ1) is 11.2. The van der Waals surface area contributed by atoms with Crippen LogP contribution < -0.4 is 10.1 Å². The third-order valence-corrected chi connectivity index (χ3v) is 4.26. The Balaban J connectivity index is 1.59. The van der Waals surface area contributed by atoms with E-state index in [1.165, 1.54) is 11.3 Å². The molecule has 0 radical (unpaired) electrons. The molecule has 0 atom stereocenters. The Morgan fingerprint density at radius 3 is 2.65 bits per heavy atom. The van der Waals surface area contributed by atoms with Gasteiger partial charge in [0.2, 0.25) is 0 Å². The normalized spacial score (nSPS) is 10.3. The van der Waals surface area contributed by atoms with Crippen LogP contribution in [-0.4, -0.2) is 10.9 Å². The predicted octanol–water partition coefficient (Wildman–Crippen LogP) is 4.63. The van der Waals surface area contributed by atoms with Crippen LogP contribution in [0.2, 0.25) is 5.02 Å². The van der Waals surface area contributed by atoms with E-state index in [1.54, 1.807) is 36.7 Å². The SMILES string of the molecule is O=C(Nc1ccncc1)c1cc(COc2ccc(Cl)cc2)cs1. The van der Waals surface area contributed by atoms with Crippen molar-refractivity contribution in [1.82, 2.24) is 4.98 Å². The van der Waals surface area contributed by atoms with E-state index in [9.17, 15) is 4.79 Å². The van der Waals surface area contributed by atoms with Gasteiger partial charge in [-0.05, 0) is 47.8 Å². The zero-order chi connectivity index (χ0) is 16.1. The van der Waals surface area contributed by atoms with Crippen molar-refractivity contribution >= 4 is 34.5 Å². The number of anilines is 1. The third-order valence-electron chi connectivity index (χ3n) is 3.03. The highest BCUT2D eigenvalue weighted by atomic mass is 35.5. The molecular weight excluding hydrogens is 332 g/mol. The van der Waals surface area contributed by atoms with Crippen molar-refractivity contribution in [3.05, 3.63) is 75.7 Å². The van der Waals surface area contributed by atoms with Gasteiger partial charge in [-0.2, -0.15) is 0 Å². The van der Waals surface area contributed by atoms with Crippen LogP contribution in [0.1, 0.15) is 15.2 Å². The van der Waals surface area contributed by atoms with Crippen molar-refractivity contribution in [1.29, 1.82) is 0 Å². The molecule has 0 saturated heterocycles. The molecule has 3 aromatic rings. The number of halogens is 1. The van der Waals surface area contributed by atoms with Crippen LogP contribution in [0.5, 0.6) is 5.75 Å². The van der Waals surface area contributed by atoms with E-state index in [2.05, 4.69) is 10.3 Å². The minimum atomic E-state index is -0.140. The lowest BCUT2D eigenvalue weighted by atomic mass is 10.3. The maximum absolute atomic E-state index is 12.2. The number of amides is 1. The molecule has 1 amide bonds. The largest absolute Gasteiger partial charge is 0.489 e. The fraction of sp³-hybridized carbons (Fsp3) is 0.0588. The highest BCUT2D eigenvalue weighted by molar-refractivity contribution is 7.12. The van der Waals surface area contributed by atoms with E-state index in [4.69, 9.17) is 16.3 Å². The molecule has 6 heteroatoms. The second-order valence-electron chi connectivity index (χ2n) is 4.75. The molecule has 3 rings (SSSR count). The minimum Gasteiger partial charge on any atom is -0.489 e. The second kappa shape index (κ2) is 7.26. The van der Waals surface area contributed by atoms with Gasteiger partial charge in [-0.25, -0.2) is 0 Å². The number of hydrogen-bond donors (Lipinski definition) is 1. The number of hydrogen-bond acceptors (Lipinski definition) is 4. The van der Waals surface area contributed by atoms with Gasteiger partial charge < -0.3 is 10.1 Å². The maximum atomic E-state index is 12.2. The van der Waals surface area contributed by atoms with E-state index in [0.717, 1.165) is 17.0 Å². The number of ether oxygens (including phenoxy) is 1. The predicted molar refractivity (Wildman–Crippen MR) is 92.3 cm³/mol. The van der Waals surface area contributed by atoms with Crippen molar-refractivity contribution in [2.75, 3.05) is 5.32 Å². The number of benzene rings is 1. The van der Waals surface area contributed by atoms with Crippen molar-refractivity contribution in [2.24, 2.45) is 0 Å². The summed E-state index contributed by atoms with van der Waals surface area (Å²) >= 11 is 7.22. The Kier molecular flexibility index (Phi) is 4.90. The van der Waals surface area contributed by atoms with E-state index in [-0.39, 0.29) is 5.91 Å². The molecule has 0 unspecified atom stereocenters. The number of thiophene rings is 1. The second-order valence-corrected chi connectivity index (χ2v) is 6.10. The average molecular weight is 345 g/mol. The van der Waals surface area contributed by atoms with Gasteiger partial charge in [0, 0.05) is 28.7 Å². The van der Waals surface area contributed by atoms with Crippen LogP contribution in [0.4, 0.5) is 5.69 Å². The van der Waals surface area contributed by atoms with Gasteiger partial charge >= 0.3 is 0 Å². The Morgan fingerprint density at radius 1 is 1.17 bits per heavy atom. The van der Waals surface area contributed by atoms with Crippen LogP contribution in [0.25, 0.3) is 0 Å². The summed E-state index contributed by atoms with van der Waals surface area (Å²) in [5.74, 6) is 0.599. The summed E-state index contributed by atoms with van der Waals surface area (Å²) in [5, 5.41) is 5.41. The molecule has 1 aromatic carbocycles. The van der Waals surface area contributed by atoms with Gasteiger partial charge in [-0.3, -0.25) is 9.78 Å². The van der Waals surface area contributed by atoms with Gasteiger partial charge in [0.1, 0.15) is 12.4 Å². The fourth-order valence-electron chi connectivity index (χ4n) is 1.90. The van der Waals surface area contributed by atoms with Gasteiger partial charge in [-0.1, -0.05) is 11.6 Å². The smallest absolute Gasteiger partial charge is 0.265 e. The topological polar surface area (TPSA) is 51.2 Å². The summed E-state index contributed by atoms with van der Waals surface area (Å²) in [6, 6.07) is 12.5. The maximum Gasteiger partial charge on any atom is 0.265 e. The molecule has 0 aliphatic rings. The number of nitrogens with one attached hydrogen (secondary N) is 1. The van der Waals surface area contributed by atoms with Crippen LogP contribution in [-0.2, 0) is 6.61 Å². The Morgan fingerprint density at radius 2 is 1.91 bits per heavy atom. The van der Waals surface area contributed by atoms with Crippen LogP contribution in [0.15, 0.2) is 60.2 Å². The number of nitrogens with zero attached hydrogens (tertiary/aromatic N) is 1. The van der Waals surface area contributed by atoms with Crippen LogP contribution in [0.3, 0.4) is 0 Å². The molecule has 23 heavy (non-hydrogen) atoms. The zero-order valence-corrected chi connectivity index (χ0v) is 13.6. The molecule has 0 fully saturated rings. The van der Waals surface area contributed by atoms with Gasteiger partial charge in [0.05, 0.1) is 4.88 Å². The summed E-state index contributed by atoms with van der Waals surface area (Å²) in [5.41, 5.74) is 1.67. The van der Waals surface area contributed by atoms with Gasteiger partial charge in [-0.15, -0.1) is 11.3 Å². The lowest BCUT2D eigenvalue weighted by Crippen LogP contribution is -2.10. The number of carbonyl (C=O) groups is 1. The molecule has 0 aliphatic heterocycles. The molecule has 0 saturated carbocycles. The summed E-state index contributed by atoms with van der Waals surface area (Å²) in [4.78, 5) is 16.7. The molecule has 1 N–H and O–H groups in total. The lowest BCUT2D eigenvalue weighted by Gasteiger charge is -2.04. The Labute approximate surface area is 142 Å². The van der Waals surface area contributed by atoms with E-state index < -0.39 is 0 Å². The first-order valence-corrected chi connectivity index (χ1v) is 8.13. The Bertz CT molecular complexity index is 788. The molecule has 4 nitrogen and oxygen atoms in total. The van der Waals surface area contributed by atoms with Crippen LogP contribution >= 0.6 is 22.9 Å². The highest BCUT2D eigenvalue weighted by Gasteiger charge is 2.10. The highest BCUT2D eigenvalue weighted by Crippen LogP contribution is 2.20. The summed E-state index contributed by atoms with van der Waals surface area (Å²) in [7, 11) is 0. The van der Waals surface area contributed by atoms with Crippen LogP contribution in [0, 0.1) is 0 Å². The monoisotopic (exact) mass is 344 g/mol. The van der Waals surface area contributed by atoms with E-state index >= 15 is 0 Å². The lowest BCUT2D eigenvalue weighted by molar-refractivity contribution is 0.103. The van der Waals surface area contributed by atoms with E-state index in [1.807, 2.05) is 23.6 Å². The zero-order valence-electron chi connectivity index (χ0n) is 12.0.